The smallest absolute Gasteiger partial charge is 0.326 e. The second-order valence-corrected chi connectivity index (χ2v) is 3.13. The molecule has 0 radical (unpaired) electrons. The molecule has 8 nitrogen and oxygen atoms in total. The largest absolute Gasteiger partial charge is 0.480 e. The monoisotopic (exact) mass is 228 g/mol. The standard InChI is InChI=1S/C8H12N4O4/c1-5(7(13)14)12(2)8(15)9-3-6-10-4-16-11-6/h4-5H,3H2,1-2H3,(H,9,15)(H,13,14). The first-order chi connectivity index (χ1) is 7.52. The highest BCUT2D eigenvalue weighted by Crippen LogP contribution is 1.96. The van der Waals surface area contributed by atoms with Crippen molar-refractivity contribution in [3.63, 3.8) is 0 Å². The number of nitrogens with one attached hydrogen (secondary N) is 1. The first-order valence-electron chi connectivity index (χ1n) is 4.51. The second-order valence-electron chi connectivity index (χ2n) is 3.13. The maximum atomic E-state index is 11.4. The Bertz CT molecular complexity index is 364. The van der Waals surface area contributed by atoms with E-state index in [0.717, 1.165) is 11.3 Å². The van der Waals surface area contributed by atoms with Gasteiger partial charge in [-0.05, 0) is 6.92 Å². The number of rotatable bonds is 4. The van der Waals surface area contributed by atoms with Crippen molar-refractivity contribution in [3.8, 4) is 0 Å². The summed E-state index contributed by atoms with van der Waals surface area (Å²) >= 11 is 0. The van der Waals surface area contributed by atoms with Crippen LogP contribution in [0.15, 0.2) is 10.9 Å². The van der Waals surface area contributed by atoms with Crippen LogP contribution in [-0.2, 0) is 11.3 Å². The molecule has 0 fully saturated rings. The van der Waals surface area contributed by atoms with Crippen LogP contribution in [0, 0.1) is 0 Å². The summed E-state index contributed by atoms with van der Waals surface area (Å²) < 4.78 is 4.47. The molecule has 0 bridgehead atoms. The van der Waals surface area contributed by atoms with Crippen molar-refractivity contribution < 1.29 is 19.2 Å². The van der Waals surface area contributed by atoms with Gasteiger partial charge in [-0.15, -0.1) is 0 Å². The van der Waals surface area contributed by atoms with Crippen molar-refractivity contribution in [2.75, 3.05) is 7.05 Å². The number of nitrogens with zero attached hydrogens (tertiary/aromatic N) is 3. The van der Waals surface area contributed by atoms with Crippen molar-refractivity contribution in [1.29, 1.82) is 0 Å². The molecule has 0 saturated carbocycles. The number of carbonyl (C=O) groups excluding carboxylic acids is 1. The summed E-state index contributed by atoms with van der Waals surface area (Å²) in [6.45, 7) is 1.50. The number of amides is 2. The zero-order chi connectivity index (χ0) is 12.1. The second kappa shape index (κ2) is 5.10. The number of carboxylic acid groups (broad SMARTS) is 1. The minimum absolute atomic E-state index is 0.0893. The van der Waals surface area contributed by atoms with Crippen molar-refractivity contribution in [1.82, 2.24) is 20.4 Å². The Morgan fingerprint density at radius 2 is 2.38 bits per heavy atom. The first kappa shape index (κ1) is 12.0. The van der Waals surface area contributed by atoms with Gasteiger partial charge in [0.15, 0.2) is 5.82 Å². The van der Waals surface area contributed by atoms with Gasteiger partial charge in [0, 0.05) is 7.05 Å². The van der Waals surface area contributed by atoms with E-state index in [4.69, 9.17) is 5.11 Å². The lowest BCUT2D eigenvalue weighted by Gasteiger charge is -2.21. The average Bonchev–Trinajstić information content (AvgIpc) is 2.76. The fourth-order valence-corrected chi connectivity index (χ4v) is 0.891. The van der Waals surface area contributed by atoms with Gasteiger partial charge >= 0.3 is 12.0 Å². The van der Waals surface area contributed by atoms with Crippen LogP contribution in [0.2, 0.25) is 0 Å². The molecule has 16 heavy (non-hydrogen) atoms. The lowest BCUT2D eigenvalue weighted by molar-refractivity contribution is -0.141. The molecular weight excluding hydrogens is 216 g/mol. The van der Waals surface area contributed by atoms with Crippen molar-refractivity contribution in [2.24, 2.45) is 0 Å². The van der Waals surface area contributed by atoms with E-state index >= 15 is 0 Å². The van der Waals surface area contributed by atoms with Crippen LogP contribution in [0.1, 0.15) is 12.7 Å². The minimum Gasteiger partial charge on any atom is -0.480 e. The third-order valence-electron chi connectivity index (χ3n) is 2.06. The van der Waals surface area contributed by atoms with Gasteiger partial charge in [-0.25, -0.2) is 9.59 Å². The van der Waals surface area contributed by atoms with Gasteiger partial charge in [0.05, 0.1) is 6.54 Å². The first-order valence-corrected chi connectivity index (χ1v) is 4.51. The maximum Gasteiger partial charge on any atom is 0.326 e. The van der Waals surface area contributed by atoms with Crippen LogP contribution >= 0.6 is 0 Å². The molecule has 2 N–H and O–H groups in total. The topological polar surface area (TPSA) is 109 Å². The van der Waals surface area contributed by atoms with Gasteiger partial charge in [0.25, 0.3) is 0 Å². The highest BCUT2D eigenvalue weighted by Gasteiger charge is 2.21. The molecule has 1 heterocycles. The number of likely N-dealkylation sites (N-methyl/N-ethyl adjacent to an activating group) is 1. The van der Waals surface area contributed by atoms with Crippen molar-refractivity contribution in [2.45, 2.75) is 19.5 Å². The van der Waals surface area contributed by atoms with E-state index in [1.165, 1.54) is 14.0 Å². The van der Waals surface area contributed by atoms with Crippen LogP contribution in [0.25, 0.3) is 0 Å². The lowest BCUT2D eigenvalue weighted by Crippen LogP contribution is -2.45. The van der Waals surface area contributed by atoms with Crippen LogP contribution < -0.4 is 5.32 Å². The Kier molecular flexibility index (Phi) is 3.81. The van der Waals surface area contributed by atoms with E-state index < -0.39 is 18.0 Å². The highest BCUT2D eigenvalue weighted by atomic mass is 16.5. The summed E-state index contributed by atoms with van der Waals surface area (Å²) in [5.74, 6) is -0.748. The Morgan fingerprint density at radius 1 is 1.69 bits per heavy atom. The Morgan fingerprint density at radius 3 is 2.88 bits per heavy atom. The van der Waals surface area contributed by atoms with Gasteiger partial charge in [-0.3, -0.25) is 0 Å². The molecule has 1 aromatic heterocycles. The summed E-state index contributed by atoms with van der Waals surface area (Å²) in [7, 11) is 1.39. The Balaban J connectivity index is 2.43. The number of urea groups is 1. The molecule has 0 saturated heterocycles. The van der Waals surface area contributed by atoms with E-state index in [2.05, 4.69) is 20.0 Å². The molecular formula is C8H12N4O4. The zero-order valence-corrected chi connectivity index (χ0v) is 8.88. The number of hydrogen-bond acceptors (Lipinski definition) is 5. The molecule has 0 aliphatic heterocycles. The predicted molar refractivity (Wildman–Crippen MR) is 51.4 cm³/mol. The normalized spacial score (nSPS) is 11.9. The van der Waals surface area contributed by atoms with Crippen molar-refractivity contribution >= 4 is 12.0 Å². The molecule has 1 rings (SSSR count). The minimum atomic E-state index is -1.07. The quantitative estimate of drug-likeness (QED) is 0.731. The highest BCUT2D eigenvalue weighted by molar-refractivity contribution is 5.81. The van der Waals surface area contributed by atoms with E-state index in [-0.39, 0.29) is 6.54 Å². The molecule has 2 amide bonds. The molecule has 0 aliphatic rings. The van der Waals surface area contributed by atoms with Crippen LogP contribution in [0.3, 0.4) is 0 Å². The molecule has 88 valence electrons. The predicted octanol–water partition coefficient (Wildman–Crippen LogP) is -0.316. The van der Waals surface area contributed by atoms with Gasteiger partial charge in [0.2, 0.25) is 6.39 Å². The van der Waals surface area contributed by atoms with Gasteiger partial charge in [-0.1, -0.05) is 5.16 Å². The van der Waals surface area contributed by atoms with E-state index in [1.807, 2.05) is 0 Å². The number of carbonyl (C=O) groups is 2. The number of aromatic nitrogens is 2. The van der Waals surface area contributed by atoms with Crippen LogP contribution in [0.5, 0.6) is 0 Å². The molecule has 0 aromatic carbocycles. The average molecular weight is 228 g/mol. The maximum absolute atomic E-state index is 11.4. The summed E-state index contributed by atoms with van der Waals surface area (Å²) in [6.07, 6.45) is 1.14. The molecule has 8 heteroatoms. The van der Waals surface area contributed by atoms with E-state index in [9.17, 15) is 9.59 Å². The summed E-state index contributed by atoms with van der Waals surface area (Å²) in [4.78, 5) is 26.8. The molecule has 1 aromatic rings. The van der Waals surface area contributed by atoms with Crippen molar-refractivity contribution in [3.05, 3.63) is 12.2 Å². The SMILES string of the molecule is CC(C(=O)O)N(C)C(=O)NCc1ncon1. The Labute approximate surface area is 91.2 Å². The third kappa shape index (κ3) is 2.94. The van der Waals surface area contributed by atoms with Gasteiger partial charge in [-0.2, -0.15) is 4.98 Å². The van der Waals surface area contributed by atoms with Crippen LogP contribution in [0.4, 0.5) is 4.79 Å². The molecule has 0 spiro atoms. The molecule has 1 unspecified atom stereocenters. The van der Waals surface area contributed by atoms with Crippen LogP contribution in [-0.4, -0.2) is 45.2 Å². The molecule has 0 aliphatic carbocycles. The Hall–Kier alpha value is -2.12. The zero-order valence-electron chi connectivity index (χ0n) is 8.88. The summed E-state index contributed by atoms with van der Waals surface area (Å²) in [6, 6.07) is -1.41. The number of hydrogen-bond donors (Lipinski definition) is 2. The summed E-state index contributed by atoms with van der Waals surface area (Å²) in [5.41, 5.74) is 0. The lowest BCUT2D eigenvalue weighted by atomic mass is 10.3. The summed E-state index contributed by atoms with van der Waals surface area (Å²) in [5, 5.41) is 14.6. The fourth-order valence-electron chi connectivity index (χ4n) is 0.891. The third-order valence-corrected chi connectivity index (χ3v) is 2.06. The van der Waals surface area contributed by atoms with E-state index in [0.29, 0.717) is 5.82 Å². The molecule has 1 atom stereocenters. The van der Waals surface area contributed by atoms with E-state index in [1.54, 1.807) is 0 Å². The number of carboxylic acids is 1. The van der Waals surface area contributed by atoms with Gasteiger partial charge < -0.3 is 19.8 Å². The fraction of sp³-hybridized carbons (Fsp3) is 0.500. The van der Waals surface area contributed by atoms with Gasteiger partial charge in [0.1, 0.15) is 6.04 Å². The number of aliphatic carboxylic acids is 1.